The molecule has 1 rings (SSSR count). The first-order valence-electron chi connectivity index (χ1n) is 6.30. The summed E-state index contributed by atoms with van der Waals surface area (Å²) in [6.07, 6.45) is 0. The average Bonchev–Trinajstić information content (AvgIpc) is 2.38. The van der Waals surface area contributed by atoms with Crippen LogP contribution in [-0.4, -0.2) is 29.9 Å². The summed E-state index contributed by atoms with van der Waals surface area (Å²) in [5, 5.41) is 0. The number of hydrogen-bond donors (Lipinski definition) is 1. The van der Waals surface area contributed by atoms with Gasteiger partial charge in [0.1, 0.15) is 5.82 Å². The van der Waals surface area contributed by atoms with Crippen molar-refractivity contribution in [2.45, 2.75) is 26.8 Å². The van der Waals surface area contributed by atoms with Crippen molar-refractivity contribution >= 4 is 5.91 Å². The Labute approximate surface area is 113 Å². The summed E-state index contributed by atoms with van der Waals surface area (Å²) >= 11 is 0. The van der Waals surface area contributed by atoms with Gasteiger partial charge in [-0.3, -0.25) is 4.79 Å². The van der Waals surface area contributed by atoms with Crippen LogP contribution in [0.25, 0.3) is 0 Å². The maximum atomic E-state index is 13.8. The molecule has 0 saturated carbocycles. The van der Waals surface area contributed by atoms with Crippen LogP contribution >= 0.6 is 0 Å². The number of amides is 1. The highest BCUT2D eigenvalue weighted by molar-refractivity contribution is 5.95. The summed E-state index contributed by atoms with van der Waals surface area (Å²) < 4.78 is 13.8. The number of hydrogen-bond acceptors (Lipinski definition) is 2. The minimum Gasteiger partial charge on any atom is -0.336 e. The van der Waals surface area contributed by atoms with E-state index in [4.69, 9.17) is 5.73 Å². The molecule has 102 valence electrons. The molecule has 19 heavy (non-hydrogen) atoms. The summed E-state index contributed by atoms with van der Waals surface area (Å²) in [7, 11) is 0. The molecule has 0 bridgehead atoms. The highest BCUT2D eigenvalue weighted by atomic mass is 19.1. The smallest absolute Gasteiger partial charge is 0.257 e. The number of rotatable bonds is 3. The van der Waals surface area contributed by atoms with Crippen LogP contribution in [0.2, 0.25) is 0 Å². The second-order valence-electron chi connectivity index (χ2n) is 4.39. The SMILES string of the molecule is CCN(C(=O)c1cc(C#CCN)ccc1F)C(C)C. The Bertz CT molecular complexity index is 515. The lowest BCUT2D eigenvalue weighted by molar-refractivity contribution is 0.0712. The van der Waals surface area contributed by atoms with Gasteiger partial charge >= 0.3 is 0 Å². The van der Waals surface area contributed by atoms with E-state index in [1.807, 2.05) is 20.8 Å². The van der Waals surface area contributed by atoms with Crippen LogP contribution in [0.4, 0.5) is 4.39 Å². The molecular formula is C15H19FN2O. The van der Waals surface area contributed by atoms with Gasteiger partial charge in [0.2, 0.25) is 0 Å². The lowest BCUT2D eigenvalue weighted by Gasteiger charge is -2.25. The third-order valence-electron chi connectivity index (χ3n) is 2.76. The number of carbonyl (C=O) groups is 1. The summed E-state index contributed by atoms with van der Waals surface area (Å²) in [6, 6.07) is 4.31. The molecule has 2 N–H and O–H groups in total. The second-order valence-corrected chi connectivity index (χ2v) is 4.39. The Morgan fingerprint density at radius 2 is 2.16 bits per heavy atom. The molecule has 0 aromatic heterocycles. The number of benzene rings is 1. The van der Waals surface area contributed by atoms with Crippen LogP contribution in [0.15, 0.2) is 18.2 Å². The van der Waals surface area contributed by atoms with E-state index in [0.29, 0.717) is 12.1 Å². The van der Waals surface area contributed by atoms with Gasteiger partial charge in [0, 0.05) is 18.2 Å². The lowest BCUT2D eigenvalue weighted by atomic mass is 10.1. The van der Waals surface area contributed by atoms with Crippen LogP contribution in [-0.2, 0) is 0 Å². The van der Waals surface area contributed by atoms with Crippen LogP contribution in [0.1, 0.15) is 36.7 Å². The van der Waals surface area contributed by atoms with Crippen molar-refractivity contribution in [1.82, 2.24) is 4.90 Å². The van der Waals surface area contributed by atoms with E-state index in [1.54, 1.807) is 11.0 Å². The Hall–Kier alpha value is -1.86. The van der Waals surface area contributed by atoms with Gasteiger partial charge < -0.3 is 10.6 Å². The zero-order valence-corrected chi connectivity index (χ0v) is 11.5. The van der Waals surface area contributed by atoms with E-state index < -0.39 is 5.82 Å². The highest BCUT2D eigenvalue weighted by Gasteiger charge is 2.20. The van der Waals surface area contributed by atoms with Crippen molar-refractivity contribution in [3.8, 4) is 11.8 Å². The van der Waals surface area contributed by atoms with Gasteiger partial charge in [-0.1, -0.05) is 11.8 Å². The Balaban J connectivity index is 3.14. The van der Waals surface area contributed by atoms with Crippen LogP contribution < -0.4 is 5.73 Å². The fourth-order valence-corrected chi connectivity index (χ4v) is 1.82. The quantitative estimate of drug-likeness (QED) is 0.847. The predicted molar refractivity (Wildman–Crippen MR) is 74.2 cm³/mol. The van der Waals surface area contributed by atoms with Crippen LogP contribution in [0, 0.1) is 17.7 Å². The van der Waals surface area contributed by atoms with Gasteiger partial charge in [0.25, 0.3) is 5.91 Å². The van der Waals surface area contributed by atoms with E-state index in [1.165, 1.54) is 12.1 Å². The van der Waals surface area contributed by atoms with Crippen molar-refractivity contribution in [2.75, 3.05) is 13.1 Å². The third-order valence-corrected chi connectivity index (χ3v) is 2.76. The predicted octanol–water partition coefficient (Wildman–Crippen LogP) is 2.01. The Morgan fingerprint density at radius 1 is 1.47 bits per heavy atom. The van der Waals surface area contributed by atoms with Crippen molar-refractivity contribution in [2.24, 2.45) is 5.73 Å². The van der Waals surface area contributed by atoms with E-state index in [2.05, 4.69) is 11.8 Å². The monoisotopic (exact) mass is 262 g/mol. The molecule has 0 aliphatic heterocycles. The fraction of sp³-hybridized carbons (Fsp3) is 0.400. The minimum atomic E-state index is -0.526. The normalized spacial score (nSPS) is 10.0. The van der Waals surface area contributed by atoms with Gasteiger partial charge in [0.15, 0.2) is 0 Å². The first-order valence-corrected chi connectivity index (χ1v) is 6.30. The topological polar surface area (TPSA) is 46.3 Å². The van der Waals surface area contributed by atoms with E-state index in [9.17, 15) is 9.18 Å². The van der Waals surface area contributed by atoms with Crippen molar-refractivity contribution in [1.29, 1.82) is 0 Å². The molecular weight excluding hydrogens is 243 g/mol. The first kappa shape index (κ1) is 15.2. The van der Waals surface area contributed by atoms with Gasteiger partial charge in [-0.15, -0.1) is 0 Å². The average molecular weight is 262 g/mol. The molecule has 0 spiro atoms. The highest BCUT2D eigenvalue weighted by Crippen LogP contribution is 2.14. The van der Waals surface area contributed by atoms with Crippen LogP contribution in [0.5, 0.6) is 0 Å². The maximum absolute atomic E-state index is 13.8. The van der Waals surface area contributed by atoms with Gasteiger partial charge in [-0.2, -0.15) is 0 Å². The van der Waals surface area contributed by atoms with Crippen molar-refractivity contribution < 1.29 is 9.18 Å². The zero-order chi connectivity index (χ0) is 14.4. The molecule has 0 fully saturated rings. The third kappa shape index (κ3) is 3.80. The summed E-state index contributed by atoms with van der Waals surface area (Å²) in [4.78, 5) is 13.9. The number of carbonyl (C=O) groups excluding carboxylic acids is 1. The molecule has 1 aromatic carbocycles. The van der Waals surface area contributed by atoms with Gasteiger partial charge in [-0.25, -0.2) is 4.39 Å². The summed E-state index contributed by atoms with van der Waals surface area (Å²) in [6.45, 7) is 6.44. The van der Waals surface area contributed by atoms with Crippen molar-refractivity contribution in [3.05, 3.63) is 35.1 Å². The summed E-state index contributed by atoms with van der Waals surface area (Å²) in [5.41, 5.74) is 5.94. The standard InChI is InChI=1S/C15H19FN2O/c1-4-18(11(2)3)15(19)13-10-12(6-5-9-17)7-8-14(13)16/h7-8,10-11H,4,9,17H2,1-3H3. The zero-order valence-electron chi connectivity index (χ0n) is 11.5. The number of nitrogens with zero attached hydrogens (tertiary/aromatic N) is 1. The number of nitrogens with two attached hydrogens (primary N) is 1. The molecule has 4 heteroatoms. The molecule has 0 aliphatic rings. The Morgan fingerprint density at radius 3 is 2.68 bits per heavy atom. The summed E-state index contributed by atoms with van der Waals surface area (Å²) in [5.74, 6) is 4.65. The molecule has 1 amide bonds. The van der Waals surface area contributed by atoms with Gasteiger partial charge in [-0.05, 0) is 39.0 Å². The molecule has 0 unspecified atom stereocenters. The maximum Gasteiger partial charge on any atom is 0.257 e. The molecule has 1 aromatic rings. The lowest BCUT2D eigenvalue weighted by Crippen LogP contribution is -2.37. The largest absolute Gasteiger partial charge is 0.336 e. The van der Waals surface area contributed by atoms with Gasteiger partial charge in [0.05, 0.1) is 12.1 Å². The van der Waals surface area contributed by atoms with Crippen LogP contribution in [0.3, 0.4) is 0 Å². The molecule has 0 heterocycles. The van der Waals surface area contributed by atoms with Crippen molar-refractivity contribution in [3.63, 3.8) is 0 Å². The molecule has 0 radical (unpaired) electrons. The Kier molecular flexibility index (Phi) is 5.53. The fourth-order valence-electron chi connectivity index (χ4n) is 1.82. The first-order chi connectivity index (χ1) is 9.01. The molecule has 0 atom stereocenters. The molecule has 3 nitrogen and oxygen atoms in total. The van der Waals surface area contributed by atoms with E-state index in [-0.39, 0.29) is 24.1 Å². The van der Waals surface area contributed by atoms with E-state index in [0.717, 1.165) is 0 Å². The number of halogens is 1. The molecule has 0 aliphatic carbocycles. The van der Waals surface area contributed by atoms with E-state index >= 15 is 0 Å². The second kappa shape index (κ2) is 6.91. The molecule has 0 saturated heterocycles. The minimum absolute atomic E-state index is 0.0238.